The SMILES string of the molecule is Cc1ccc(Cl)cc1NC(C)c1ccc(S(N)(=O)=O)cc1. The molecule has 2 aromatic rings. The van der Waals surface area contributed by atoms with Gasteiger partial charge < -0.3 is 5.32 Å². The van der Waals surface area contributed by atoms with Crippen LogP contribution in [-0.4, -0.2) is 8.42 Å². The van der Waals surface area contributed by atoms with Gasteiger partial charge >= 0.3 is 0 Å². The number of aryl methyl sites for hydroxylation is 1. The van der Waals surface area contributed by atoms with E-state index < -0.39 is 10.0 Å². The number of nitrogens with two attached hydrogens (primary N) is 1. The zero-order valence-electron chi connectivity index (χ0n) is 11.8. The predicted molar refractivity (Wildman–Crippen MR) is 86.0 cm³/mol. The lowest BCUT2D eigenvalue weighted by atomic mass is 10.1. The van der Waals surface area contributed by atoms with Crippen LogP contribution in [0.3, 0.4) is 0 Å². The predicted octanol–water partition coefficient (Wildman–Crippen LogP) is 3.47. The Balaban J connectivity index is 2.20. The zero-order valence-corrected chi connectivity index (χ0v) is 13.4. The number of sulfonamides is 1. The van der Waals surface area contributed by atoms with Crippen LogP contribution in [0, 0.1) is 6.92 Å². The van der Waals surface area contributed by atoms with Crippen LogP contribution < -0.4 is 10.5 Å². The maximum Gasteiger partial charge on any atom is 0.238 e. The third-order valence-corrected chi connectivity index (χ3v) is 4.44. The number of rotatable bonds is 4. The first-order chi connectivity index (χ1) is 9.77. The van der Waals surface area contributed by atoms with Gasteiger partial charge in [0.2, 0.25) is 10.0 Å². The second-order valence-corrected chi connectivity index (χ2v) is 6.94. The summed E-state index contributed by atoms with van der Waals surface area (Å²) >= 11 is 6.00. The molecule has 6 heteroatoms. The van der Waals surface area contributed by atoms with Crippen molar-refractivity contribution in [3.05, 3.63) is 58.6 Å². The Bertz CT molecular complexity index is 743. The Morgan fingerprint density at radius 3 is 2.33 bits per heavy atom. The van der Waals surface area contributed by atoms with Crippen LogP contribution in [-0.2, 0) is 10.0 Å². The summed E-state index contributed by atoms with van der Waals surface area (Å²) in [6.07, 6.45) is 0. The second-order valence-electron chi connectivity index (χ2n) is 4.94. The largest absolute Gasteiger partial charge is 0.378 e. The molecule has 0 aliphatic rings. The molecule has 1 atom stereocenters. The van der Waals surface area contributed by atoms with E-state index in [1.165, 1.54) is 12.1 Å². The third kappa shape index (κ3) is 3.97. The van der Waals surface area contributed by atoms with Gasteiger partial charge in [0.25, 0.3) is 0 Å². The van der Waals surface area contributed by atoms with Gasteiger partial charge in [-0.3, -0.25) is 0 Å². The van der Waals surface area contributed by atoms with Crippen LogP contribution in [0.15, 0.2) is 47.4 Å². The maximum atomic E-state index is 11.2. The summed E-state index contributed by atoms with van der Waals surface area (Å²) in [5.41, 5.74) is 3.00. The summed E-state index contributed by atoms with van der Waals surface area (Å²) in [4.78, 5) is 0.109. The van der Waals surface area contributed by atoms with Crippen LogP contribution in [0.1, 0.15) is 24.1 Å². The molecule has 1 unspecified atom stereocenters. The highest BCUT2D eigenvalue weighted by Crippen LogP contribution is 2.25. The van der Waals surface area contributed by atoms with E-state index >= 15 is 0 Å². The molecule has 3 N–H and O–H groups in total. The topological polar surface area (TPSA) is 72.2 Å². The monoisotopic (exact) mass is 324 g/mol. The van der Waals surface area contributed by atoms with Gasteiger partial charge in [-0.1, -0.05) is 29.8 Å². The summed E-state index contributed by atoms with van der Waals surface area (Å²) in [6, 6.07) is 12.2. The van der Waals surface area contributed by atoms with Gasteiger partial charge in [0.05, 0.1) is 4.90 Å². The molecule has 0 aliphatic carbocycles. The Kier molecular flexibility index (Phi) is 4.56. The zero-order chi connectivity index (χ0) is 15.6. The fourth-order valence-electron chi connectivity index (χ4n) is 2.01. The van der Waals surface area contributed by atoms with Crippen LogP contribution in [0.25, 0.3) is 0 Å². The standard InChI is InChI=1S/C15H17ClN2O2S/c1-10-3-6-13(16)9-15(10)18-11(2)12-4-7-14(8-5-12)21(17,19)20/h3-9,11,18H,1-2H3,(H2,17,19,20). The van der Waals surface area contributed by atoms with Crippen molar-refractivity contribution in [2.24, 2.45) is 5.14 Å². The van der Waals surface area contributed by atoms with Crippen molar-refractivity contribution < 1.29 is 8.42 Å². The van der Waals surface area contributed by atoms with E-state index in [1.54, 1.807) is 12.1 Å². The number of primary sulfonamides is 1. The Hall–Kier alpha value is -1.56. The fourth-order valence-corrected chi connectivity index (χ4v) is 2.70. The van der Waals surface area contributed by atoms with Crippen LogP contribution in [0.4, 0.5) is 5.69 Å². The van der Waals surface area contributed by atoms with E-state index in [2.05, 4.69) is 5.32 Å². The molecule has 0 aromatic heterocycles. The van der Waals surface area contributed by atoms with Crippen molar-refractivity contribution in [3.8, 4) is 0 Å². The molecule has 4 nitrogen and oxygen atoms in total. The van der Waals surface area contributed by atoms with Crippen LogP contribution >= 0.6 is 11.6 Å². The molecule has 0 fully saturated rings. The molecular formula is C15H17ClN2O2S. The van der Waals surface area contributed by atoms with E-state index in [0.717, 1.165) is 16.8 Å². The minimum atomic E-state index is -3.65. The molecule has 0 amide bonds. The Labute approximate surface area is 130 Å². The van der Waals surface area contributed by atoms with Crippen molar-refractivity contribution in [3.63, 3.8) is 0 Å². The fraction of sp³-hybridized carbons (Fsp3) is 0.200. The maximum absolute atomic E-state index is 11.2. The van der Waals surface area contributed by atoms with Gasteiger partial charge in [-0.2, -0.15) is 0 Å². The Morgan fingerprint density at radius 1 is 1.14 bits per heavy atom. The van der Waals surface area contributed by atoms with Crippen molar-refractivity contribution in [1.82, 2.24) is 0 Å². The molecule has 0 aliphatic heterocycles. The lowest BCUT2D eigenvalue weighted by Crippen LogP contribution is -2.13. The number of hydrogen-bond donors (Lipinski definition) is 2. The highest BCUT2D eigenvalue weighted by Gasteiger charge is 2.11. The highest BCUT2D eigenvalue weighted by molar-refractivity contribution is 7.89. The van der Waals surface area contributed by atoms with Gasteiger partial charge in [0.15, 0.2) is 0 Å². The average Bonchev–Trinajstić information content (AvgIpc) is 2.42. The first-order valence-electron chi connectivity index (χ1n) is 6.43. The lowest BCUT2D eigenvalue weighted by molar-refractivity contribution is 0.597. The minimum Gasteiger partial charge on any atom is -0.378 e. The summed E-state index contributed by atoms with van der Waals surface area (Å²) in [7, 11) is -3.65. The average molecular weight is 325 g/mol. The quantitative estimate of drug-likeness (QED) is 0.904. The summed E-state index contributed by atoms with van der Waals surface area (Å²) in [5.74, 6) is 0. The van der Waals surface area contributed by atoms with Gasteiger partial charge in [-0.25, -0.2) is 13.6 Å². The van der Waals surface area contributed by atoms with E-state index in [9.17, 15) is 8.42 Å². The summed E-state index contributed by atoms with van der Waals surface area (Å²) < 4.78 is 22.5. The molecule has 0 saturated heterocycles. The highest BCUT2D eigenvalue weighted by atomic mass is 35.5. The number of anilines is 1. The molecule has 112 valence electrons. The van der Waals surface area contributed by atoms with Crippen molar-refractivity contribution in [1.29, 1.82) is 0 Å². The van der Waals surface area contributed by atoms with E-state index in [1.807, 2.05) is 32.0 Å². The second kappa shape index (κ2) is 6.05. The molecule has 0 bridgehead atoms. The van der Waals surface area contributed by atoms with Crippen molar-refractivity contribution in [2.75, 3.05) is 5.32 Å². The first kappa shape index (κ1) is 15.8. The summed E-state index contributed by atoms with van der Waals surface area (Å²) in [6.45, 7) is 3.99. The number of nitrogens with one attached hydrogen (secondary N) is 1. The molecular weight excluding hydrogens is 308 g/mol. The van der Waals surface area contributed by atoms with Gasteiger partial charge in [0.1, 0.15) is 0 Å². The smallest absolute Gasteiger partial charge is 0.238 e. The molecule has 0 heterocycles. The van der Waals surface area contributed by atoms with E-state index in [4.69, 9.17) is 16.7 Å². The van der Waals surface area contributed by atoms with Crippen LogP contribution in [0.5, 0.6) is 0 Å². The minimum absolute atomic E-state index is 0.0108. The first-order valence-corrected chi connectivity index (χ1v) is 8.35. The molecule has 21 heavy (non-hydrogen) atoms. The normalized spacial score (nSPS) is 13.0. The number of benzene rings is 2. The number of hydrogen-bond acceptors (Lipinski definition) is 3. The molecule has 0 spiro atoms. The van der Waals surface area contributed by atoms with Crippen molar-refractivity contribution in [2.45, 2.75) is 24.8 Å². The molecule has 0 saturated carbocycles. The number of halogens is 1. The van der Waals surface area contributed by atoms with Gasteiger partial charge in [-0.15, -0.1) is 0 Å². The van der Waals surface area contributed by atoms with Crippen molar-refractivity contribution >= 4 is 27.3 Å². The Morgan fingerprint density at radius 2 is 1.76 bits per heavy atom. The van der Waals surface area contributed by atoms with Gasteiger partial charge in [-0.05, 0) is 49.2 Å². The molecule has 0 radical (unpaired) electrons. The summed E-state index contributed by atoms with van der Waals surface area (Å²) in [5, 5.41) is 9.11. The van der Waals surface area contributed by atoms with Gasteiger partial charge in [0, 0.05) is 16.8 Å². The van der Waals surface area contributed by atoms with E-state index in [-0.39, 0.29) is 10.9 Å². The molecule has 2 aromatic carbocycles. The molecule has 2 rings (SSSR count). The van der Waals surface area contributed by atoms with E-state index in [0.29, 0.717) is 5.02 Å². The lowest BCUT2D eigenvalue weighted by Gasteiger charge is -2.18. The van der Waals surface area contributed by atoms with Crippen LogP contribution in [0.2, 0.25) is 5.02 Å². The third-order valence-electron chi connectivity index (χ3n) is 3.28.